The number of nitrogens with one attached hydrogen (secondary N) is 1. The largest absolute Gasteiger partial charge is 0.746 e. The molecule has 1 unspecified atom stereocenters. The molecule has 0 bridgehead atoms. The van der Waals surface area contributed by atoms with E-state index in [2.05, 4.69) is 6.92 Å². The Bertz CT molecular complexity index is 1570. The lowest BCUT2D eigenvalue weighted by atomic mass is 10.1. The Kier molecular flexibility index (Phi) is 12.6. The first kappa shape index (κ1) is 34.2. The number of hydrogen-bond donors (Lipinski definition) is 1. The highest BCUT2D eigenvalue weighted by Gasteiger charge is 2.40. The summed E-state index contributed by atoms with van der Waals surface area (Å²) in [5.74, 6) is -1.89. The number of carbonyl (C=O) groups is 1. The number of H-pyrrole nitrogens is 1. The van der Waals surface area contributed by atoms with Gasteiger partial charge in [-0.1, -0.05) is 63.6 Å². The van der Waals surface area contributed by atoms with Gasteiger partial charge in [-0.15, -0.1) is 0 Å². The van der Waals surface area contributed by atoms with E-state index in [0.29, 0.717) is 12.7 Å². The number of unbranched alkanes of at least 4 members (excludes halogenated alkanes) is 7. The number of halogens is 1. The maximum absolute atomic E-state index is 14.0. The van der Waals surface area contributed by atoms with Crippen LogP contribution in [0.15, 0.2) is 70.6 Å². The number of rotatable bonds is 17. The Morgan fingerprint density at radius 1 is 1.09 bits per heavy atom. The number of hydrogen-bond acceptors (Lipinski definition) is 9. The molecule has 12 nitrogen and oxygen atoms in total. The van der Waals surface area contributed by atoms with Gasteiger partial charge in [0.05, 0.1) is 18.4 Å². The Balaban J connectivity index is 1.36. The van der Waals surface area contributed by atoms with Crippen molar-refractivity contribution >= 4 is 13.8 Å². The predicted octanol–water partition coefficient (Wildman–Crippen LogP) is 4.18. The number of aromatic nitrogens is 3. The van der Waals surface area contributed by atoms with E-state index in [-0.39, 0.29) is 17.7 Å². The zero-order valence-electron chi connectivity index (χ0n) is 25.2. The Labute approximate surface area is 260 Å². The molecule has 0 amide bonds. The molecule has 2 aromatic heterocycles. The van der Waals surface area contributed by atoms with Crippen LogP contribution in [0.5, 0.6) is 5.75 Å². The molecule has 0 aliphatic carbocycles. The number of ether oxygens (including phenoxy) is 2. The van der Waals surface area contributed by atoms with Crippen molar-refractivity contribution in [3.05, 3.63) is 93.3 Å². The number of nitrogens with zero attached hydrogens (tertiary/aromatic N) is 2. The number of aryl methyl sites for hydroxylation is 1. The van der Waals surface area contributed by atoms with Crippen molar-refractivity contribution in [2.45, 2.75) is 89.7 Å². The molecule has 4 atom stereocenters. The third-order valence-electron chi connectivity index (χ3n) is 7.40. The Morgan fingerprint density at radius 3 is 2.53 bits per heavy atom. The van der Waals surface area contributed by atoms with Crippen LogP contribution in [0.3, 0.4) is 0 Å². The lowest BCUT2D eigenvalue weighted by molar-refractivity contribution is -0.697. The number of benzene rings is 1. The molecule has 0 spiro atoms. The summed E-state index contributed by atoms with van der Waals surface area (Å²) in [4.78, 5) is 51.2. The number of carbonyl (C=O) groups excluding carboxylic acids is 1. The van der Waals surface area contributed by atoms with Crippen LogP contribution >= 0.6 is 7.82 Å². The van der Waals surface area contributed by atoms with Crippen molar-refractivity contribution in [1.82, 2.24) is 9.55 Å². The molecule has 1 aliphatic heterocycles. The molecule has 1 N–H and O–H groups in total. The van der Waals surface area contributed by atoms with Crippen molar-refractivity contribution in [3.63, 3.8) is 0 Å². The van der Waals surface area contributed by atoms with E-state index in [0.717, 1.165) is 23.8 Å². The molecule has 1 aromatic carbocycles. The molecule has 3 heterocycles. The van der Waals surface area contributed by atoms with Crippen molar-refractivity contribution in [2.24, 2.45) is 0 Å². The van der Waals surface area contributed by atoms with E-state index >= 15 is 0 Å². The molecule has 0 saturated carbocycles. The summed E-state index contributed by atoms with van der Waals surface area (Å²) < 4.78 is 51.0. The summed E-state index contributed by atoms with van der Waals surface area (Å²) in [7, 11) is -4.93. The second-order valence-electron chi connectivity index (χ2n) is 10.9. The van der Waals surface area contributed by atoms with Gasteiger partial charge in [-0.2, -0.15) is 4.39 Å². The van der Waals surface area contributed by atoms with Crippen molar-refractivity contribution < 1.29 is 41.7 Å². The lowest BCUT2D eigenvalue weighted by Gasteiger charge is -2.25. The smallest absolute Gasteiger partial charge is 0.338 e. The fourth-order valence-corrected chi connectivity index (χ4v) is 5.79. The standard InChI is InChI=1S/C31H39FN3O9P/c1-2-3-4-5-6-7-8-12-17-34-18-13-16-24(20-34)44-45(39,40)41-22-27-26(43-30(37)23-14-10-9-11-15-23)19-28(42-27)35-21-25(32)29(36)33-31(35)38/h9-11,13-16,18,20-21,26-28H,2-8,12,17,19,22H2,1H3,(H-,33,36,38,39,40)/t26-,27+,28+/m0/s1. The molecule has 14 heteroatoms. The minimum Gasteiger partial charge on any atom is -0.746 e. The van der Waals surface area contributed by atoms with Gasteiger partial charge in [0, 0.05) is 18.9 Å². The van der Waals surface area contributed by atoms with Gasteiger partial charge >= 0.3 is 19.5 Å². The minimum atomic E-state index is -4.93. The van der Waals surface area contributed by atoms with Crippen LogP contribution in [-0.4, -0.2) is 34.3 Å². The average molecular weight is 648 g/mol. The SMILES string of the molecule is CCCCCCCCCC[n+]1cccc(OP(=O)([O-])OC[C@H]2O[C@@H](n3cc(F)c(=O)[nH]c3=O)C[C@@H]2OC(=O)c2ccccc2)c1. The minimum absolute atomic E-state index is 0.0583. The van der Waals surface area contributed by atoms with Crippen LogP contribution in [0.25, 0.3) is 0 Å². The zero-order valence-corrected chi connectivity index (χ0v) is 26.1. The van der Waals surface area contributed by atoms with Crippen LogP contribution in [0, 0.1) is 5.82 Å². The van der Waals surface area contributed by atoms with E-state index in [1.165, 1.54) is 50.3 Å². The maximum atomic E-state index is 14.0. The summed E-state index contributed by atoms with van der Waals surface area (Å²) in [6.45, 7) is 2.27. The van der Waals surface area contributed by atoms with Gasteiger partial charge in [0.25, 0.3) is 5.56 Å². The van der Waals surface area contributed by atoms with E-state index in [1.54, 1.807) is 30.5 Å². The quantitative estimate of drug-likeness (QED) is 0.0984. The topological polar surface area (TPSA) is 153 Å². The van der Waals surface area contributed by atoms with Crippen LogP contribution in [0.1, 0.15) is 81.3 Å². The first-order valence-electron chi connectivity index (χ1n) is 15.2. The highest BCUT2D eigenvalue weighted by molar-refractivity contribution is 7.46. The normalized spacial score (nSPS) is 19.2. The van der Waals surface area contributed by atoms with Crippen molar-refractivity contribution in [1.29, 1.82) is 0 Å². The van der Waals surface area contributed by atoms with E-state index in [9.17, 15) is 28.2 Å². The van der Waals surface area contributed by atoms with Crippen LogP contribution in [0.4, 0.5) is 4.39 Å². The molecule has 1 fully saturated rings. The third kappa shape index (κ3) is 10.5. The van der Waals surface area contributed by atoms with Crippen LogP contribution in [0.2, 0.25) is 0 Å². The predicted molar refractivity (Wildman–Crippen MR) is 159 cm³/mol. The monoisotopic (exact) mass is 647 g/mol. The highest BCUT2D eigenvalue weighted by Crippen LogP contribution is 2.41. The van der Waals surface area contributed by atoms with Crippen LogP contribution < -0.4 is 25.2 Å². The van der Waals surface area contributed by atoms with Crippen LogP contribution in [-0.2, 0) is 25.1 Å². The first-order valence-corrected chi connectivity index (χ1v) is 16.7. The molecule has 0 radical (unpaired) electrons. The Morgan fingerprint density at radius 2 is 1.80 bits per heavy atom. The number of phosphoric ester groups is 1. The summed E-state index contributed by atoms with van der Waals surface area (Å²) in [5, 5.41) is 0. The number of esters is 1. The molecule has 1 saturated heterocycles. The van der Waals surface area contributed by atoms with Crippen molar-refractivity contribution in [3.8, 4) is 5.75 Å². The zero-order chi connectivity index (χ0) is 32.2. The molecule has 45 heavy (non-hydrogen) atoms. The molecule has 3 aromatic rings. The second-order valence-corrected chi connectivity index (χ2v) is 12.2. The fourth-order valence-electron chi connectivity index (χ4n) is 5.04. The maximum Gasteiger partial charge on any atom is 0.338 e. The third-order valence-corrected chi connectivity index (χ3v) is 8.30. The summed E-state index contributed by atoms with van der Waals surface area (Å²) in [6.07, 6.45) is 9.83. The summed E-state index contributed by atoms with van der Waals surface area (Å²) in [6, 6.07) is 11.2. The van der Waals surface area contributed by atoms with E-state index < -0.39 is 55.9 Å². The fraction of sp³-hybridized carbons (Fsp3) is 0.484. The van der Waals surface area contributed by atoms with Gasteiger partial charge in [-0.3, -0.25) is 18.9 Å². The average Bonchev–Trinajstić information content (AvgIpc) is 3.41. The summed E-state index contributed by atoms with van der Waals surface area (Å²) >= 11 is 0. The van der Waals surface area contributed by atoms with Gasteiger partial charge in [-0.25, -0.2) is 14.2 Å². The number of phosphoric acid groups is 1. The van der Waals surface area contributed by atoms with Gasteiger partial charge in [-0.05, 0) is 24.6 Å². The van der Waals surface area contributed by atoms with Gasteiger partial charge in [0.15, 0.2) is 11.9 Å². The highest BCUT2D eigenvalue weighted by atomic mass is 31.2. The number of aromatic amines is 1. The molecule has 244 valence electrons. The van der Waals surface area contributed by atoms with E-state index in [4.69, 9.17) is 18.5 Å². The van der Waals surface area contributed by atoms with Gasteiger partial charge in [0.1, 0.15) is 25.0 Å². The first-order chi connectivity index (χ1) is 21.6. The second kappa shape index (κ2) is 16.6. The number of pyridine rings is 1. The molecule has 4 rings (SSSR count). The van der Waals surface area contributed by atoms with Gasteiger partial charge in [0.2, 0.25) is 12.0 Å². The Hall–Kier alpha value is -3.64. The van der Waals surface area contributed by atoms with Crippen molar-refractivity contribution in [2.75, 3.05) is 6.61 Å². The molecular weight excluding hydrogens is 608 g/mol. The molecule has 1 aliphatic rings. The summed E-state index contributed by atoms with van der Waals surface area (Å²) in [5.41, 5.74) is -1.93. The van der Waals surface area contributed by atoms with Gasteiger partial charge < -0.3 is 23.4 Å². The van der Waals surface area contributed by atoms with E-state index in [1.807, 2.05) is 15.7 Å². The molecular formula is C31H39FN3O9P. The lowest BCUT2D eigenvalue weighted by Crippen LogP contribution is -2.34.